The van der Waals surface area contributed by atoms with Crippen LogP contribution in [-0.2, 0) is 11.3 Å². The van der Waals surface area contributed by atoms with Crippen molar-refractivity contribution in [2.45, 2.75) is 19.9 Å². The second-order valence-corrected chi connectivity index (χ2v) is 3.37. The zero-order valence-corrected chi connectivity index (χ0v) is 9.38. The van der Waals surface area contributed by atoms with E-state index in [0.717, 1.165) is 5.56 Å². The molecule has 17 heavy (non-hydrogen) atoms. The molecule has 0 saturated heterocycles. The molecule has 2 rings (SSSR count). The number of carbonyl (C=O) groups is 1. The molecule has 6 heteroatoms. The van der Waals surface area contributed by atoms with Crippen molar-refractivity contribution in [1.82, 2.24) is 20.5 Å². The smallest absolute Gasteiger partial charge is 0.247 e. The van der Waals surface area contributed by atoms with Crippen molar-refractivity contribution < 1.29 is 9.21 Å². The predicted molar refractivity (Wildman–Crippen MR) is 59.7 cm³/mol. The lowest BCUT2D eigenvalue weighted by Gasteiger charge is -1.97. The third-order valence-electron chi connectivity index (χ3n) is 2.15. The Bertz CT molecular complexity index is 495. The standard InChI is InChI=1S/C11H12N4O2/c1-2-9(16)13-7-10-14-15-11(17-10)8-3-5-12-6-4-8/h3-6H,2,7H2,1H3,(H,13,16). The average Bonchev–Trinajstić information content (AvgIpc) is 2.86. The molecule has 0 unspecified atom stereocenters. The van der Waals surface area contributed by atoms with Gasteiger partial charge in [0.15, 0.2) is 0 Å². The van der Waals surface area contributed by atoms with E-state index in [1.807, 2.05) is 0 Å². The van der Waals surface area contributed by atoms with Gasteiger partial charge in [-0.1, -0.05) is 6.92 Å². The molecule has 2 aromatic heterocycles. The van der Waals surface area contributed by atoms with E-state index in [2.05, 4.69) is 20.5 Å². The van der Waals surface area contributed by atoms with Crippen molar-refractivity contribution in [3.8, 4) is 11.5 Å². The number of hydrogen-bond acceptors (Lipinski definition) is 5. The minimum Gasteiger partial charge on any atom is -0.419 e. The minimum absolute atomic E-state index is 0.0475. The summed E-state index contributed by atoms with van der Waals surface area (Å²) in [4.78, 5) is 15.0. The van der Waals surface area contributed by atoms with Crippen LogP contribution in [0.1, 0.15) is 19.2 Å². The maximum absolute atomic E-state index is 11.1. The van der Waals surface area contributed by atoms with Crippen LogP contribution in [0.4, 0.5) is 0 Å². The molecule has 2 heterocycles. The van der Waals surface area contributed by atoms with Gasteiger partial charge >= 0.3 is 0 Å². The van der Waals surface area contributed by atoms with Crippen LogP contribution in [0.25, 0.3) is 11.5 Å². The predicted octanol–water partition coefficient (Wildman–Crippen LogP) is 1.16. The molecule has 0 aromatic carbocycles. The molecule has 0 aliphatic rings. The SMILES string of the molecule is CCC(=O)NCc1nnc(-c2ccncc2)o1. The zero-order chi connectivity index (χ0) is 12.1. The second-order valence-electron chi connectivity index (χ2n) is 3.37. The van der Waals surface area contributed by atoms with Crippen LogP contribution in [0, 0.1) is 0 Å². The van der Waals surface area contributed by atoms with E-state index in [4.69, 9.17) is 4.42 Å². The minimum atomic E-state index is -0.0475. The summed E-state index contributed by atoms with van der Waals surface area (Å²) < 4.78 is 5.40. The molecule has 0 bridgehead atoms. The van der Waals surface area contributed by atoms with Gasteiger partial charge in [-0.25, -0.2) is 0 Å². The quantitative estimate of drug-likeness (QED) is 0.855. The summed E-state index contributed by atoms with van der Waals surface area (Å²) in [5, 5.41) is 10.4. The number of carbonyl (C=O) groups excluding carboxylic acids is 1. The van der Waals surface area contributed by atoms with Gasteiger partial charge in [-0.05, 0) is 12.1 Å². The van der Waals surface area contributed by atoms with Gasteiger partial charge in [-0.3, -0.25) is 9.78 Å². The highest BCUT2D eigenvalue weighted by atomic mass is 16.4. The average molecular weight is 232 g/mol. The van der Waals surface area contributed by atoms with Crippen LogP contribution in [0.3, 0.4) is 0 Å². The van der Waals surface area contributed by atoms with Crippen molar-refractivity contribution in [2.75, 3.05) is 0 Å². The normalized spacial score (nSPS) is 10.2. The van der Waals surface area contributed by atoms with E-state index in [1.165, 1.54) is 0 Å². The molecule has 6 nitrogen and oxygen atoms in total. The molecule has 88 valence electrons. The fourth-order valence-electron chi connectivity index (χ4n) is 1.24. The Morgan fingerprint density at radius 1 is 1.35 bits per heavy atom. The zero-order valence-electron chi connectivity index (χ0n) is 9.38. The van der Waals surface area contributed by atoms with E-state index >= 15 is 0 Å². The van der Waals surface area contributed by atoms with E-state index in [0.29, 0.717) is 18.2 Å². The molecule has 2 aromatic rings. The third kappa shape index (κ3) is 2.87. The van der Waals surface area contributed by atoms with E-state index < -0.39 is 0 Å². The highest BCUT2D eigenvalue weighted by Crippen LogP contribution is 2.15. The second kappa shape index (κ2) is 5.20. The van der Waals surface area contributed by atoms with Gasteiger partial charge in [0.2, 0.25) is 17.7 Å². The third-order valence-corrected chi connectivity index (χ3v) is 2.15. The number of aromatic nitrogens is 3. The molecule has 0 aliphatic carbocycles. The molecule has 0 saturated carbocycles. The summed E-state index contributed by atoms with van der Waals surface area (Å²) in [5.74, 6) is 0.764. The summed E-state index contributed by atoms with van der Waals surface area (Å²) in [6.07, 6.45) is 3.74. The lowest BCUT2D eigenvalue weighted by Crippen LogP contribution is -2.21. The van der Waals surface area contributed by atoms with E-state index in [-0.39, 0.29) is 12.5 Å². The number of hydrogen-bond donors (Lipinski definition) is 1. The number of nitrogens with zero attached hydrogens (tertiary/aromatic N) is 3. The van der Waals surface area contributed by atoms with Gasteiger partial charge in [-0.2, -0.15) is 0 Å². The van der Waals surface area contributed by atoms with Gasteiger partial charge in [0, 0.05) is 24.4 Å². The first-order valence-electron chi connectivity index (χ1n) is 5.29. The topological polar surface area (TPSA) is 80.9 Å². The largest absolute Gasteiger partial charge is 0.419 e. The number of pyridine rings is 1. The highest BCUT2D eigenvalue weighted by Gasteiger charge is 2.08. The van der Waals surface area contributed by atoms with Gasteiger partial charge in [-0.15, -0.1) is 10.2 Å². The first-order chi connectivity index (χ1) is 8.29. The van der Waals surface area contributed by atoms with Crippen molar-refractivity contribution in [3.05, 3.63) is 30.4 Å². The summed E-state index contributed by atoms with van der Waals surface area (Å²) in [5.41, 5.74) is 0.806. The fraction of sp³-hybridized carbons (Fsp3) is 0.273. The number of amides is 1. The Morgan fingerprint density at radius 3 is 2.82 bits per heavy atom. The van der Waals surface area contributed by atoms with Crippen LogP contribution < -0.4 is 5.32 Å². The van der Waals surface area contributed by atoms with Crippen LogP contribution >= 0.6 is 0 Å². The van der Waals surface area contributed by atoms with Gasteiger partial charge in [0.05, 0.1) is 6.54 Å². The maximum Gasteiger partial charge on any atom is 0.247 e. The molecule has 0 fully saturated rings. The highest BCUT2D eigenvalue weighted by molar-refractivity contribution is 5.75. The van der Waals surface area contributed by atoms with E-state index in [1.54, 1.807) is 31.5 Å². The maximum atomic E-state index is 11.1. The fourth-order valence-corrected chi connectivity index (χ4v) is 1.24. The summed E-state index contributed by atoms with van der Waals surface area (Å²) in [7, 11) is 0. The Labute approximate surface area is 98.1 Å². The van der Waals surface area contributed by atoms with Crippen LogP contribution in [0.15, 0.2) is 28.9 Å². The molecular formula is C11H12N4O2. The monoisotopic (exact) mass is 232 g/mol. The molecule has 1 amide bonds. The van der Waals surface area contributed by atoms with Crippen molar-refractivity contribution in [1.29, 1.82) is 0 Å². The van der Waals surface area contributed by atoms with Gasteiger partial charge < -0.3 is 9.73 Å². The van der Waals surface area contributed by atoms with Crippen LogP contribution in [0.2, 0.25) is 0 Å². The first kappa shape index (κ1) is 11.3. The van der Waals surface area contributed by atoms with Crippen LogP contribution in [0.5, 0.6) is 0 Å². The first-order valence-corrected chi connectivity index (χ1v) is 5.29. The van der Waals surface area contributed by atoms with Crippen molar-refractivity contribution in [3.63, 3.8) is 0 Å². The summed E-state index contributed by atoms with van der Waals surface area (Å²) in [6, 6.07) is 3.56. The van der Waals surface area contributed by atoms with Gasteiger partial charge in [0.25, 0.3) is 0 Å². The number of nitrogens with one attached hydrogen (secondary N) is 1. The Kier molecular flexibility index (Phi) is 3.44. The summed E-state index contributed by atoms with van der Waals surface area (Å²) in [6.45, 7) is 2.04. The molecule has 0 spiro atoms. The lowest BCUT2D eigenvalue weighted by atomic mass is 10.3. The lowest BCUT2D eigenvalue weighted by molar-refractivity contribution is -0.121. The van der Waals surface area contributed by atoms with Crippen LogP contribution in [-0.4, -0.2) is 21.1 Å². The molecule has 1 N–H and O–H groups in total. The Balaban J connectivity index is 2.04. The van der Waals surface area contributed by atoms with Crippen molar-refractivity contribution >= 4 is 5.91 Å². The Morgan fingerprint density at radius 2 is 2.12 bits per heavy atom. The summed E-state index contributed by atoms with van der Waals surface area (Å²) >= 11 is 0. The number of rotatable bonds is 4. The molecule has 0 radical (unpaired) electrons. The van der Waals surface area contributed by atoms with E-state index in [9.17, 15) is 4.79 Å². The van der Waals surface area contributed by atoms with Crippen molar-refractivity contribution in [2.24, 2.45) is 0 Å². The van der Waals surface area contributed by atoms with Gasteiger partial charge in [0.1, 0.15) is 0 Å². The molecule has 0 atom stereocenters. The Hall–Kier alpha value is -2.24. The molecular weight excluding hydrogens is 220 g/mol. The molecule has 0 aliphatic heterocycles.